The number of methoxy groups -OCH3 is 1. The van der Waals surface area contributed by atoms with Crippen molar-refractivity contribution in [2.75, 3.05) is 12.4 Å². The summed E-state index contributed by atoms with van der Waals surface area (Å²) in [7, 11) is 1.35. The van der Waals surface area contributed by atoms with Gasteiger partial charge in [0.1, 0.15) is 5.75 Å². The first-order valence-electron chi connectivity index (χ1n) is 8.21. The first-order valence-corrected chi connectivity index (χ1v) is 9.09. The SMILES string of the molecule is COc1ccc([N+](=O)[O-])cc1NC(=O)[C@@H](C)OC(=O)CCC(=O)c1cccs1. The number of carbonyl (C=O) groups excluding carboxylic acids is 3. The van der Waals surface area contributed by atoms with Crippen LogP contribution in [0.15, 0.2) is 35.7 Å². The van der Waals surface area contributed by atoms with Gasteiger partial charge >= 0.3 is 5.97 Å². The van der Waals surface area contributed by atoms with Gasteiger partial charge in [0.15, 0.2) is 11.9 Å². The largest absolute Gasteiger partial charge is 0.495 e. The number of thiophene rings is 1. The van der Waals surface area contributed by atoms with Crippen LogP contribution in [0.25, 0.3) is 0 Å². The second-order valence-corrected chi connectivity index (χ2v) is 6.61. The highest BCUT2D eigenvalue weighted by atomic mass is 32.1. The Morgan fingerprint density at radius 2 is 2.00 bits per heavy atom. The minimum Gasteiger partial charge on any atom is -0.495 e. The number of amides is 1. The summed E-state index contributed by atoms with van der Waals surface area (Å²) in [5.74, 6) is -1.33. The molecule has 0 saturated carbocycles. The van der Waals surface area contributed by atoms with Gasteiger partial charge < -0.3 is 14.8 Å². The van der Waals surface area contributed by atoms with Crippen molar-refractivity contribution in [3.8, 4) is 5.75 Å². The van der Waals surface area contributed by atoms with Crippen LogP contribution in [0.5, 0.6) is 5.75 Å². The smallest absolute Gasteiger partial charge is 0.307 e. The van der Waals surface area contributed by atoms with Gasteiger partial charge in [-0.05, 0) is 24.4 Å². The molecule has 0 unspecified atom stereocenters. The molecule has 0 radical (unpaired) electrons. The van der Waals surface area contributed by atoms with E-state index in [0.29, 0.717) is 4.88 Å². The molecule has 0 saturated heterocycles. The summed E-state index contributed by atoms with van der Waals surface area (Å²) in [5, 5.41) is 15.1. The normalized spacial score (nSPS) is 11.4. The molecule has 1 N–H and O–H groups in total. The number of anilines is 1. The predicted octanol–water partition coefficient (Wildman–Crippen LogP) is 3.20. The van der Waals surface area contributed by atoms with E-state index in [1.807, 2.05) is 0 Å². The Bertz CT molecular complexity index is 880. The van der Waals surface area contributed by atoms with E-state index < -0.39 is 22.9 Å². The van der Waals surface area contributed by atoms with Gasteiger partial charge in [0.05, 0.1) is 29.0 Å². The Morgan fingerprint density at radius 3 is 2.61 bits per heavy atom. The van der Waals surface area contributed by atoms with Crippen molar-refractivity contribution in [1.29, 1.82) is 0 Å². The first-order chi connectivity index (χ1) is 13.3. The summed E-state index contributed by atoms with van der Waals surface area (Å²) in [6.45, 7) is 1.36. The van der Waals surface area contributed by atoms with Crippen molar-refractivity contribution in [2.45, 2.75) is 25.9 Å². The van der Waals surface area contributed by atoms with Crippen LogP contribution in [-0.4, -0.2) is 35.8 Å². The number of hydrogen-bond acceptors (Lipinski definition) is 8. The predicted molar refractivity (Wildman–Crippen MR) is 102 cm³/mol. The van der Waals surface area contributed by atoms with Crippen molar-refractivity contribution in [2.24, 2.45) is 0 Å². The summed E-state index contributed by atoms with van der Waals surface area (Å²) >= 11 is 1.28. The lowest BCUT2D eigenvalue weighted by Gasteiger charge is -2.15. The Kier molecular flexibility index (Phi) is 7.21. The minimum atomic E-state index is -1.16. The molecule has 0 spiro atoms. The third-order valence-electron chi connectivity index (χ3n) is 3.68. The van der Waals surface area contributed by atoms with Crippen molar-refractivity contribution in [3.05, 3.63) is 50.7 Å². The van der Waals surface area contributed by atoms with Crippen LogP contribution >= 0.6 is 11.3 Å². The zero-order valence-corrected chi connectivity index (χ0v) is 16.0. The summed E-state index contributed by atoms with van der Waals surface area (Å²) in [4.78, 5) is 46.8. The number of nitro groups is 1. The summed E-state index contributed by atoms with van der Waals surface area (Å²) in [6.07, 6.45) is -1.34. The molecular formula is C18H18N2O7S. The lowest BCUT2D eigenvalue weighted by atomic mass is 10.2. The minimum absolute atomic E-state index is 0.0214. The molecule has 1 heterocycles. The third kappa shape index (κ3) is 5.61. The van der Waals surface area contributed by atoms with Crippen LogP contribution < -0.4 is 10.1 Å². The average Bonchev–Trinajstić information content (AvgIpc) is 3.20. The molecule has 2 rings (SSSR count). The fourth-order valence-corrected chi connectivity index (χ4v) is 2.92. The Labute approximate surface area is 164 Å². The molecule has 2 aromatic rings. The molecule has 0 aliphatic carbocycles. The molecule has 1 aromatic heterocycles. The second kappa shape index (κ2) is 9.60. The van der Waals surface area contributed by atoms with Crippen molar-refractivity contribution in [3.63, 3.8) is 0 Å². The van der Waals surface area contributed by atoms with Gasteiger partial charge in [-0.2, -0.15) is 0 Å². The maximum atomic E-state index is 12.2. The summed E-state index contributed by atoms with van der Waals surface area (Å²) in [5.41, 5.74) is -0.148. The summed E-state index contributed by atoms with van der Waals surface area (Å²) in [6, 6.07) is 7.14. The molecule has 1 atom stereocenters. The lowest BCUT2D eigenvalue weighted by Crippen LogP contribution is -2.30. The molecule has 1 aromatic carbocycles. The molecule has 1 amide bonds. The number of hydrogen-bond donors (Lipinski definition) is 1. The number of nitro benzene ring substituents is 1. The number of nitrogens with one attached hydrogen (secondary N) is 1. The highest BCUT2D eigenvalue weighted by molar-refractivity contribution is 7.12. The van der Waals surface area contributed by atoms with Crippen molar-refractivity contribution >= 4 is 40.4 Å². The van der Waals surface area contributed by atoms with Crippen LogP contribution in [0, 0.1) is 10.1 Å². The molecule has 0 bridgehead atoms. The number of non-ortho nitro benzene ring substituents is 1. The lowest BCUT2D eigenvalue weighted by molar-refractivity contribution is -0.384. The maximum absolute atomic E-state index is 12.2. The van der Waals surface area contributed by atoms with E-state index in [0.717, 1.165) is 6.07 Å². The number of ketones is 1. The van der Waals surface area contributed by atoms with Gasteiger partial charge in [-0.1, -0.05) is 6.07 Å². The Balaban J connectivity index is 1.91. The highest BCUT2D eigenvalue weighted by Gasteiger charge is 2.21. The zero-order chi connectivity index (χ0) is 20.7. The average molecular weight is 406 g/mol. The number of nitrogens with zero attached hydrogens (tertiary/aromatic N) is 1. The number of ether oxygens (including phenoxy) is 2. The first kappa shape index (κ1) is 21.0. The number of benzene rings is 1. The van der Waals surface area contributed by atoms with E-state index in [4.69, 9.17) is 9.47 Å². The van der Waals surface area contributed by atoms with Gasteiger partial charge in [-0.3, -0.25) is 24.5 Å². The van der Waals surface area contributed by atoms with E-state index in [9.17, 15) is 24.5 Å². The topological polar surface area (TPSA) is 125 Å². The molecule has 0 aliphatic rings. The van der Waals surface area contributed by atoms with Gasteiger partial charge in [-0.25, -0.2) is 0 Å². The number of rotatable bonds is 9. The van der Waals surface area contributed by atoms with Gasteiger partial charge in [-0.15, -0.1) is 11.3 Å². The van der Waals surface area contributed by atoms with E-state index in [-0.39, 0.29) is 35.7 Å². The summed E-state index contributed by atoms with van der Waals surface area (Å²) < 4.78 is 10.1. The van der Waals surface area contributed by atoms with Gasteiger partial charge in [0.25, 0.3) is 11.6 Å². The number of carbonyl (C=O) groups is 3. The van der Waals surface area contributed by atoms with Crippen LogP contribution in [0.4, 0.5) is 11.4 Å². The highest BCUT2D eigenvalue weighted by Crippen LogP contribution is 2.29. The Hall–Kier alpha value is -3.27. The van der Waals surface area contributed by atoms with Gasteiger partial charge in [0.2, 0.25) is 0 Å². The fraction of sp³-hybridized carbons (Fsp3) is 0.278. The molecular weight excluding hydrogens is 388 g/mol. The standard InChI is InChI=1S/C18H18N2O7S/c1-11(27-17(22)8-6-14(21)16-4-3-9-28-16)18(23)19-13-10-12(20(24)25)5-7-15(13)26-2/h3-5,7,9-11H,6,8H2,1-2H3,(H,19,23)/t11-/m1/s1. The molecule has 0 fully saturated rings. The van der Waals surface area contributed by atoms with Crippen LogP contribution in [0.1, 0.15) is 29.4 Å². The fourth-order valence-electron chi connectivity index (χ4n) is 2.23. The third-order valence-corrected chi connectivity index (χ3v) is 4.59. The van der Waals surface area contributed by atoms with Crippen LogP contribution in [0.3, 0.4) is 0 Å². The van der Waals surface area contributed by atoms with E-state index >= 15 is 0 Å². The van der Waals surface area contributed by atoms with Gasteiger partial charge in [0, 0.05) is 18.6 Å². The van der Waals surface area contributed by atoms with Crippen molar-refractivity contribution in [1.82, 2.24) is 0 Å². The maximum Gasteiger partial charge on any atom is 0.307 e. The van der Waals surface area contributed by atoms with Crippen molar-refractivity contribution < 1.29 is 28.8 Å². The molecule has 148 valence electrons. The molecule has 9 nitrogen and oxygen atoms in total. The molecule has 28 heavy (non-hydrogen) atoms. The molecule has 0 aliphatic heterocycles. The van der Waals surface area contributed by atoms with Crippen LogP contribution in [-0.2, 0) is 14.3 Å². The monoisotopic (exact) mass is 406 g/mol. The zero-order valence-electron chi connectivity index (χ0n) is 15.2. The van der Waals surface area contributed by atoms with Crippen LogP contribution in [0.2, 0.25) is 0 Å². The second-order valence-electron chi connectivity index (χ2n) is 5.66. The Morgan fingerprint density at radius 1 is 1.25 bits per heavy atom. The number of esters is 1. The number of Topliss-reactive ketones (excluding diaryl/α,β-unsaturated/α-hetero) is 1. The quantitative estimate of drug-likeness (QED) is 0.293. The van der Waals surface area contributed by atoms with E-state index in [1.165, 1.54) is 37.5 Å². The van der Waals surface area contributed by atoms with E-state index in [1.54, 1.807) is 17.5 Å². The molecule has 10 heteroatoms. The van der Waals surface area contributed by atoms with E-state index in [2.05, 4.69) is 5.32 Å².